The third-order valence-corrected chi connectivity index (χ3v) is 7.59. The molecular weight excluding hydrogens is 484 g/mol. The molecule has 2 fully saturated rings. The van der Waals surface area contributed by atoms with E-state index in [-0.39, 0.29) is 11.7 Å². The molecule has 0 saturated carbocycles. The lowest BCUT2D eigenvalue weighted by atomic mass is 9.82. The van der Waals surface area contributed by atoms with Gasteiger partial charge in [-0.05, 0) is 60.7 Å². The molecule has 2 aromatic rings. The fraction of sp³-hybridized carbons (Fsp3) is 0.467. The van der Waals surface area contributed by atoms with Crippen LogP contribution < -0.4 is 15.0 Å². The summed E-state index contributed by atoms with van der Waals surface area (Å²) in [7, 11) is 1.69. The molecule has 1 amide bonds. The van der Waals surface area contributed by atoms with Crippen LogP contribution in [0.15, 0.2) is 48.5 Å². The first-order valence-electron chi connectivity index (χ1n) is 13.5. The summed E-state index contributed by atoms with van der Waals surface area (Å²) in [6.45, 7) is 3.41. The second-order valence-corrected chi connectivity index (χ2v) is 10.3. The summed E-state index contributed by atoms with van der Waals surface area (Å²) in [4.78, 5) is 33.0. The molecule has 1 unspecified atom stereocenters. The molecule has 2 aromatic carbocycles. The molecule has 3 aliphatic heterocycles. The summed E-state index contributed by atoms with van der Waals surface area (Å²) in [5.41, 5.74) is 4.56. The Morgan fingerprint density at radius 2 is 2.05 bits per heavy atom. The summed E-state index contributed by atoms with van der Waals surface area (Å²) < 4.78 is 17.2. The molecule has 5 rings (SSSR count). The highest BCUT2D eigenvalue weighted by molar-refractivity contribution is 6.01. The zero-order chi connectivity index (χ0) is 26.4. The zero-order valence-electron chi connectivity index (χ0n) is 21.9. The number of rotatable bonds is 8. The Morgan fingerprint density at radius 1 is 1.18 bits per heavy atom. The van der Waals surface area contributed by atoms with E-state index in [9.17, 15) is 9.59 Å². The first kappa shape index (κ1) is 26.4. The number of likely N-dealkylation sites (tertiary alicyclic amines) is 1. The third-order valence-electron chi connectivity index (χ3n) is 7.59. The van der Waals surface area contributed by atoms with Crippen LogP contribution in [0, 0.1) is 0 Å². The molecule has 0 radical (unpaired) electrons. The Morgan fingerprint density at radius 3 is 2.84 bits per heavy atom. The summed E-state index contributed by atoms with van der Waals surface area (Å²) in [6, 6.07) is 13.7. The standard InChI is InChI=1S/C30H36N2O6/c1-35-24-6-4-5-22(19-24)12-15-32-16-13-30(14-17-32)21-26(33)25-20-23(8-10-27(25)37-30)9-11-28(34)31-38-29-7-2-3-18-36-29/h4-6,8-11,19-20,29H,2-3,7,12-18,21H2,1H3,(H,31,34)/b11-9+. The van der Waals surface area contributed by atoms with E-state index in [0.29, 0.717) is 24.3 Å². The molecular formula is C30H36N2O6. The van der Waals surface area contributed by atoms with Crippen molar-refractivity contribution in [3.8, 4) is 11.5 Å². The van der Waals surface area contributed by atoms with Gasteiger partial charge < -0.3 is 19.1 Å². The second-order valence-electron chi connectivity index (χ2n) is 10.3. The van der Waals surface area contributed by atoms with Gasteiger partial charge >= 0.3 is 0 Å². The van der Waals surface area contributed by atoms with Crippen LogP contribution in [0.2, 0.25) is 0 Å². The lowest BCUT2D eigenvalue weighted by molar-refractivity contribution is -0.198. The molecule has 2 saturated heterocycles. The van der Waals surface area contributed by atoms with Crippen molar-refractivity contribution in [2.75, 3.05) is 33.4 Å². The van der Waals surface area contributed by atoms with Gasteiger partial charge in [-0.3, -0.25) is 9.59 Å². The van der Waals surface area contributed by atoms with Gasteiger partial charge in [-0.25, -0.2) is 10.3 Å². The van der Waals surface area contributed by atoms with Crippen molar-refractivity contribution < 1.29 is 28.6 Å². The van der Waals surface area contributed by atoms with E-state index in [1.54, 1.807) is 19.3 Å². The average Bonchev–Trinajstić information content (AvgIpc) is 2.95. The van der Waals surface area contributed by atoms with Crippen LogP contribution in [0.25, 0.3) is 6.08 Å². The van der Waals surface area contributed by atoms with Gasteiger partial charge in [0.25, 0.3) is 5.91 Å². The van der Waals surface area contributed by atoms with Crippen LogP contribution in [0.4, 0.5) is 0 Å². The lowest BCUT2D eigenvalue weighted by Crippen LogP contribution is -2.51. The zero-order valence-corrected chi connectivity index (χ0v) is 21.9. The predicted octanol–water partition coefficient (Wildman–Crippen LogP) is 4.33. The molecule has 0 aliphatic carbocycles. The van der Waals surface area contributed by atoms with Gasteiger partial charge in [0.05, 0.1) is 19.1 Å². The Bertz CT molecular complexity index is 1170. The van der Waals surface area contributed by atoms with Crippen LogP contribution in [0.3, 0.4) is 0 Å². The third kappa shape index (κ3) is 6.62. The largest absolute Gasteiger partial charge is 0.497 e. The van der Waals surface area contributed by atoms with Gasteiger partial charge in [0.2, 0.25) is 0 Å². The van der Waals surface area contributed by atoms with Crippen molar-refractivity contribution in [2.24, 2.45) is 0 Å². The number of hydrogen-bond acceptors (Lipinski definition) is 7. The number of hydroxylamine groups is 1. The maximum atomic E-state index is 13.1. The topological polar surface area (TPSA) is 86.3 Å². The molecule has 0 bridgehead atoms. The minimum atomic E-state index is -0.438. The van der Waals surface area contributed by atoms with Gasteiger partial charge in [0.1, 0.15) is 17.1 Å². The van der Waals surface area contributed by atoms with Crippen LogP contribution in [-0.2, 0) is 20.8 Å². The molecule has 1 N–H and O–H groups in total. The van der Waals surface area contributed by atoms with Crippen LogP contribution >= 0.6 is 0 Å². The number of methoxy groups -OCH3 is 1. The Balaban J connectivity index is 1.12. The fourth-order valence-corrected chi connectivity index (χ4v) is 5.33. The SMILES string of the molecule is COc1cccc(CCN2CCC3(CC2)CC(=O)c2cc(/C=C/C(=O)NOC4CCCCO4)ccc2O3)c1. The number of carbonyl (C=O) groups is 2. The molecule has 3 heterocycles. The smallest absolute Gasteiger partial charge is 0.267 e. The number of benzene rings is 2. The monoisotopic (exact) mass is 520 g/mol. The molecule has 1 spiro atoms. The van der Waals surface area contributed by atoms with E-state index >= 15 is 0 Å². The Kier molecular flexibility index (Phi) is 8.42. The molecule has 8 heteroatoms. The number of ether oxygens (including phenoxy) is 3. The van der Waals surface area contributed by atoms with Crippen molar-refractivity contribution in [2.45, 2.75) is 56.8 Å². The van der Waals surface area contributed by atoms with E-state index in [2.05, 4.69) is 22.5 Å². The van der Waals surface area contributed by atoms with Gasteiger partial charge in [0, 0.05) is 51.6 Å². The number of hydrogen-bond donors (Lipinski definition) is 1. The van der Waals surface area contributed by atoms with Crippen LogP contribution in [-0.4, -0.2) is 61.8 Å². The Labute approximate surface area is 223 Å². The molecule has 202 valence electrons. The number of nitrogens with one attached hydrogen (secondary N) is 1. The van der Waals surface area contributed by atoms with Crippen LogP contribution in [0.5, 0.6) is 11.5 Å². The van der Waals surface area contributed by atoms with Gasteiger partial charge in [0.15, 0.2) is 12.1 Å². The molecule has 0 aromatic heterocycles. The first-order chi connectivity index (χ1) is 18.5. The predicted molar refractivity (Wildman–Crippen MR) is 143 cm³/mol. The second kappa shape index (κ2) is 12.1. The summed E-state index contributed by atoms with van der Waals surface area (Å²) in [5.74, 6) is 1.23. The Hall–Kier alpha value is -3.20. The molecule has 3 aliphatic rings. The lowest BCUT2D eigenvalue weighted by Gasteiger charge is -2.44. The summed E-state index contributed by atoms with van der Waals surface area (Å²) >= 11 is 0. The minimum absolute atomic E-state index is 0.0913. The first-order valence-corrected chi connectivity index (χ1v) is 13.5. The quantitative estimate of drug-likeness (QED) is 0.410. The normalized spacial score (nSPS) is 21.2. The fourth-order valence-electron chi connectivity index (χ4n) is 5.33. The van der Waals surface area contributed by atoms with E-state index in [0.717, 1.165) is 69.5 Å². The van der Waals surface area contributed by atoms with Crippen molar-refractivity contribution >= 4 is 17.8 Å². The molecule has 1 atom stereocenters. The van der Waals surface area contributed by atoms with E-state index in [1.165, 1.54) is 11.6 Å². The number of Topliss-reactive ketones (excluding diaryl/α,β-unsaturated/α-hetero) is 1. The number of piperidine rings is 1. The van der Waals surface area contributed by atoms with Crippen LogP contribution in [0.1, 0.15) is 60.0 Å². The van der Waals surface area contributed by atoms with E-state index < -0.39 is 11.9 Å². The number of ketones is 1. The number of carbonyl (C=O) groups excluding carboxylic acids is 2. The van der Waals surface area contributed by atoms with Crippen molar-refractivity contribution in [1.29, 1.82) is 0 Å². The van der Waals surface area contributed by atoms with Crippen molar-refractivity contribution in [3.05, 3.63) is 65.2 Å². The summed E-state index contributed by atoms with van der Waals surface area (Å²) in [5, 5.41) is 0. The van der Waals surface area contributed by atoms with Crippen molar-refractivity contribution in [3.63, 3.8) is 0 Å². The number of nitrogens with zero attached hydrogens (tertiary/aromatic N) is 1. The molecule has 8 nitrogen and oxygen atoms in total. The van der Waals surface area contributed by atoms with Crippen molar-refractivity contribution in [1.82, 2.24) is 10.4 Å². The number of amides is 1. The molecule has 38 heavy (non-hydrogen) atoms. The highest BCUT2D eigenvalue weighted by atomic mass is 16.8. The number of fused-ring (bicyclic) bond motifs is 1. The highest BCUT2D eigenvalue weighted by Gasteiger charge is 2.42. The van der Waals surface area contributed by atoms with Gasteiger partial charge in [-0.15, -0.1) is 0 Å². The van der Waals surface area contributed by atoms with Gasteiger partial charge in [-0.1, -0.05) is 18.2 Å². The average molecular weight is 521 g/mol. The summed E-state index contributed by atoms with van der Waals surface area (Å²) in [6.07, 6.45) is 8.44. The van der Waals surface area contributed by atoms with Gasteiger partial charge in [-0.2, -0.15) is 0 Å². The van der Waals surface area contributed by atoms with E-state index in [4.69, 9.17) is 19.0 Å². The van der Waals surface area contributed by atoms with E-state index in [1.807, 2.05) is 24.3 Å². The minimum Gasteiger partial charge on any atom is -0.497 e. The maximum Gasteiger partial charge on any atom is 0.267 e. The maximum absolute atomic E-state index is 13.1. The highest BCUT2D eigenvalue weighted by Crippen LogP contribution is 2.39.